The molecule has 0 bridgehead atoms. The second-order valence-corrected chi connectivity index (χ2v) is 5.81. The number of ether oxygens (including phenoxy) is 2. The van der Waals surface area contributed by atoms with Crippen molar-refractivity contribution in [2.45, 2.75) is 26.4 Å². The van der Waals surface area contributed by atoms with Gasteiger partial charge in [0.05, 0.1) is 6.61 Å². The van der Waals surface area contributed by atoms with E-state index in [-0.39, 0.29) is 11.5 Å². The highest BCUT2D eigenvalue weighted by atomic mass is 16.6. The number of carbonyl (C=O) groups excluding carboxylic acids is 1. The van der Waals surface area contributed by atoms with Gasteiger partial charge < -0.3 is 14.4 Å². The van der Waals surface area contributed by atoms with E-state index in [0.29, 0.717) is 19.8 Å². The van der Waals surface area contributed by atoms with Gasteiger partial charge in [-0.3, -0.25) is 0 Å². The molecule has 1 aliphatic heterocycles. The number of rotatable bonds is 4. The lowest BCUT2D eigenvalue weighted by Crippen LogP contribution is -2.46. The van der Waals surface area contributed by atoms with E-state index in [2.05, 4.69) is 6.92 Å². The highest BCUT2D eigenvalue weighted by molar-refractivity contribution is 5.67. The van der Waals surface area contributed by atoms with Crippen LogP contribution in [0.3, 0.4) is 0 Å². The van der Waals surface area contributed by atoms with Gasteiger partial charge in [0.25, 0.3) is 0 Å². The van der Waals surface area contributed by atoms with E-state index in [4.69, 9.17) is 9.47 Å². The number of hydrogen-bond acceptors (Lipinski definition) is 3. The topological polar surface area (TPSA) is 38.8 Å². The van der Waals surface area contributed by atoms with E-state index >= 15 is 0 Å². The monoisotopic (exact) mass is 277 g/mol. The lowest BCUT2D eigenvalue weighted by molar-refractivity contribution is 0.0167. The Hall–Kier alpha value is -1.55. The number of amides is 1. The molecular formula is C16H23NO3. The fourth-order valence-electron chi connectivity index (χ4n) is 2.75. The predicted octanol–water partition coefficient (Wildman–Crippen LogP) is 3.07. The van der Waals surface area contributed by atoms with Gasteiger partial charge in [-0.15, -0.1) is 0 Å². The van der Waals surface area contributed by atoms with Gasteiger partial charge in [0.1, 0.15) is 6.61 Å². The van der Waals surface area contributed by atoms with Crippen LogP contribution < -0.4 is 0 Å². The van der Waals surface area contributed by atoms with Gasteiger partial charge in [0.2, 0.25) is 0 Å². The number of piperidine rings is 1. The molecule has 1 aromatic carbocycles. The van der Waals surface area contributed by atoms with Crippen LogP contribution in [0.2, 0.25) is 0 Å². The minimum Gasteiger partial charge on any atom is -0.445 e. The first-order chi connectivity index (χ1) is 9.63. The molecule has 110 valence electrons. The number of methoxy groups -OCH3 is 1. The Labute approximate surface area is 120 Å². The first kappa shape index (κ1) is 14.9. The molecule has 0 unspecified atom stereocenters. The molecule has 1 aromatic rings. The first-order valence-corrected chi connectivity index (χ1v) is 7.07. The van der Waals surface area contributed by atoms with E-state index in [0.717, 1.165) is 24.9 Å². The minimum absolute atomic E-state index is 0.0404. The van der Waals surface area contributed by atoms with Crippen LogP contribution in [-0.4, -0.2) is 37.8 Å². The highest BCUT2D eigenvalue weighted by Crippen LogP contribution is 2.29. The summed E-state index contributed by atoms with van der Waals surface area (Å²) < 4.78 is 10.6. The van der Waals surface area contributed by atoms with Crippen molar-refractivity contribution in [3.05, 3.63) is 35.9 Å². The van der Waals surface area contributed by atoms with Gasteiger partial charge in [-0.25, -0.2) is 4.79 Å². The molecule has 1 fully saturated rings. The zero-order valence-corrected chi connectivity index (χ0v) is 12.3. The van der Waals surface area contributed by atoms with Gasteiger partial charge in [-0.05, 0) is 18.4 Å². The van der Waals surface area contributed by atoms with E-state index in [1.165, 1.54) is 0 Å². The van der Waals surface area contributed by atoms with Crippen LogP contribution in [0.1, 0.15) is 25.3 Å². The molecule has 0 N–H and O–H groups in total. The standard InChI is InChI=1S/C16H23NO3/c1-16(13-19-2)9-6-10-17(12-16)15(18)20-11-14-7-4-3-5-8-14/h3-5,7-8H,6,9-13H2,1-2H3/t16-/m1/s1. The number of likely N-dealkylation sites (tertiary alicyclic amines) is 1. The Balaban J connectivity index is 1.86. The second-order valence-electron chi connectivity index (χ2n) is 5.81. The third-order valence-corrected chi connectivity index (χ3v) is 3.74. The first-order valence-electron chi connectivity index (χ1n) is 7.07. The molecule has 0 saturated carbocycles. The van der Waals surface area contributed by atoms with Crippen molar-refractivity contribution in [3.63, 3.8) is 0 Å². The zero-order valence-electron chi connectivity index (χ0n) is 12.3. The van der Waals surface area contributed by atoms with Gasteiger partial charge in [0, 0.05) is 25.6 Å². The summed E-state index contributed by atoms with van der Waals surface area (Å²) in [5, 5.41) is 0. The average molecular weight is 277 g/mol. The van der Waals surface area contributed by atoms with Crippen LogP contribution in [0.25, 0.3) is 0 Å². The molecule has 0 radical (unpaired) electrons. The van der Waals surface area contributed by atoms with Crippen molar-refractivity contribution >= 4 is 6.09 Å². The second kappa shape index (κ2) is 6.75. The Bertz CT molecular complexity index is 431. The quantitative estimate of drug-likeness (QED) is 0.849. The number of carbonyl (C=O) groups is 1. The van der Waals surface area contributed by atoms with Gasteiger partial charge >= 0.3 is 6.09 Å². The predicted molar refractivity (Wildman–Crippen MR) is 77.4 cm³/mol. The molecule has 1 heterocycles. The van der Waals surface area contributed by atoms with Crippen molar-refractivity contribution < 1.29 is 14.3 Å². The largest absolute Gasteiger partial charge is 0.445 e. The minimum atomic E-state index is -0.226. The molecule has 1 saturated heterocycles. The van der Waals surface area contributed by atoms with Crippen molar-refractivity contribution in [3.8, 4) is 0 Å². The normalized spacial score (nSPS) is 22.6. The number of benzene rings is 1. The molecule has 0 aliphatic carbocycles. The van der Waals surface area contributed by atoms with Gasteiger partial charge in [-0.2, -0.15) is 0 Å². The van der Waals surface area contributed by atoms with Crippen LogP contribution in [0.4, 0.5) is 4.79 Å². The van der Waals surface area contributed by atoms with Gasteiger partial charge in [0.15, 0.2) is 0 Å². The molecule has 2 rings (SSSR count). The molecule has 1 amide bonds. The summed E-state index contributed by atoms with van der Waals surface area (Å²) in [7, 11) is 1.71. The lowest BCUT2D eigenvalue weighted by atomic mass is 9.83. The van der Waals surface area contributed by atoms with Crippen LogP contribution in [0.15, 0.2) is 30.3 Å². The fraction of sp³-hybridized carbons (Fsp3) is 0.562. The summed E-state index contributed by atoms with van der Waals surface area (Å²) in [5.74, 6) is 0. The van der Waals surface area contributed by atoms with E-state index in [1.807, 2.05) is 30.3 Å². The third-order valence-electron chi connectivity index (χ3n) is 3.74. The maximum Gasteiger partial charge on any atom is 0.410 e. The van der Waals surface area contributed by atoms with Crippen molar-refractivity contribution in [1.82, 2.24) is 4.90 Å². The summed E-state index contributed by atoms with van der Waals surface area (Å²) in [6.07, 6.45) is 1.86. The molecule has 4 heteroatoms. The summed E-state index contributed by atoms with van der Waals surface area (Å²) in [5.41, 5.74) is 1.05. The van der Waals surface area contributed by atoms with Crippen molar-refractivity contribution in [2.24, 2.45) is 5.41 Å². The Morgan fingerprint density at radius 2 is 2.10 bits per heavy atom. The molecule has 0 spiro atoms. The van der Waals surface area contributed by atoms with Crippen LogP contribution in [0, 0.1) is 5.41 Å². The van der Waals surface area contributed by atoms with E-state index in [1.54, 1.807) is 12.0 Å². The summed E-state index contributed by atoms with van der Waals surface area (Å²) in [6, 6.07) is 9.75. The molecule has 1 aliphatic rings. The Kier molecular flexibility index (Phi) is 5.01. The molecular weight excluding hydrogens is 254 g/mol. The SMILES string of the molecule is COC[C@]1(C)CCCN(C(=O)OCc2ccccc2)C1. The summed E-state index contributed by atoms with van der Waals surface area (Å²) >= 11 is 0. The maximum atomic E-state index is 12.1. The van der Waals surface area contributed by atoms with Crippen LogP contribution in [0.5, 0.6) is 0 Å². The average Bonchev–Trinajstić information content (AvgIpc) is 2.46. The summed E-state index contributed by atoms with van der Waals surface area (Å²) in [6.45, 7) is 4.64. The molecule has 0 aromatic heterocycles. The van der Waals surface area contributed by atoms with Crippen LogP contribution in [-0.2, 0) is 16.1 Å². The Morgan fingerprint density at radius 3 is 2.80 bits per heavy atom. The number of nitrogens with zero attached hydrogens (tertiary/aromatic N) is 1. The van der Waals surface area contributed by atoms with Crippen molar-refractivity contribution in [2.75, 3.05) is 26.8 Å². The fourth-order valence-corrected chi connectivity index (χ4v) is 2.75. The highest BCUT2D eigenvalue weighted by Gasteiger charge is 2.33. The van der Waals surface area contributed by atoms with Gasteiger partial charge in [-0.1, -0.05) is 37.3 Å². The molecule has 4 nitrogen and oxygen atoms in total. The molecule has 1 atom stereocenters. The zero-order chi connectivity index (χ0) is 14.4. The molecule has 20 heavy (non-hydrogen) atoms. The van der Waals surface area contributed by atoms with E-state index < -0.39 is 0 Å². The lowest BCUT2D eigenvalue weighted by Gasteiger charge is -2.39. The number of hydrogen-bond donors (Lipinski definition) is 0. The van der Waals surface area contributed by atoms with Crippen LogP contribution >= 0.6 is 0 Å². The Morgan fingerprint density at radius 1 is 1.35 bits per heavy atom. The maximum absolute atomic E-state index is 12.1. The van der Waals surface area contributed by atoms with Crippen molar-refractivity contribution in [1.29, 1.82) is 0 Å². The van der Waals surface area contributed by atoms with E-state index in [9.17, 15) is 4.79 Å². The summed E-state index contributed by atoms with van der Waals surface area (Å²) in [4.78, 5) is 13.9. The smallest absolute Gasteiger partial charge is 0.410 e. The third kappa shape index (κ3) is 3.97.